The Bertz CT molecular complexity index is 966. The predicted molar refractivity (Wildman–Crippen MR) is 96.4 cm³/mol. The first-order valence-electron chi connectivity index (χ1n) is 8.06. The quantitative estimate of drug-likeness (QED) is 0.802. The summed E-state index contributed by atoms with van der Waals surface area (Å²) in [6.07, 6.45) is 0. The summed E-state index contributed by atoms with van der Waals surface area (Å²) in [4.78, 5) is 25.0. The van der Waals surface area contributed by atoms with E-state index in [1.807, 2.05) is 63.2 Å². The Morgan fingerprint density at radius 2 is 1.71 bits per heavy atom. The summed E-state index contributed by atoms with van der Waals surface area (Å²) in [6, 6.07) is 13.4. The second-order valence-corrected chi connectivity index (χ2v) is 5.97. The average Bonchev–Trinajstić information content (AvgIpc) is 2.82. The van der Waals surface area contributed by atoms with Crippen molar-refractivity contribution in [3.05, 3.63) is 64.1 Å². The summed E-state index contributed by atoms with van der Waals surface area (Å²) in [5, 5.41) is 2.90. The van der Waals surface area contributed by atoms with Gasteiger partial charge in [0.05, 0.1) is 11.0 Å². The highest BCUT2D eigenvalue weighted by atomic mass is 16.2. The van der Waals surface area contributed by atoms with Crippen molar-refractivity contribution in [1.29, 1.82) is 0 Å². The van der Waals surface area contributed by atoms with E-state index >= 15 is 0 Å². The van der Waals surface area contributed by atoms with Crippen LogP contribution < -0.4 is 11.0 Å². The number of hydrogen-bond acceptors (Lipinski definition) is 2. The molecular formula is C19H21N3O2. The van der Waals surface area contributed by atoms with Gasteiger partial charge in [-0.2, -0.15) is 0 Å². The molecule has 0 fully saturated rings. The second kappa shape index (κ2) is 6.35. The van der Waals surface area contributed by atoms with E-state index in [1.165, 1.54) is 4.57 Å². The van der Waals surface area contributed by atoms with Crippen LogP contribution in [0.15, 0.2) is 47.3 Å². The maximum absolute atomic E-state index is 12.6. The topological polar surface area (TPSA) is 56.0 Å². The fraction of sp³-hybridized carbons (Fsp3) is 0.263. The minimum absolute atomic E-state index is 0.000334. The smallest absolute Gasteiger partial charge is 0.324 e. The first kappa shape index (κ1) is 16.1. The van der Waals surface area contributed by atoms with Crippen molar-refractivity contribution in [2.45, 2.75) is 33.9 Å². The van der Waals surface area contributed by atoms with Crippen molar-refractivity contribution >= 4 is 22.6 Å². The van der Waals surface area contributed by atoms with Crippen LogP contribution in [0.25, 0.3) is 11.0 Å². The Hall–Kier alpha value is -2.82. The summed E-state index contributed by atoms with van der Waals surface area (Å²) in [5.41, 5.74) is 4.40. The Morgan fingerprint density at radius 1 is 1.04 bits per heavy atom. The van der Waals surface area contributed by atoms with Crippen LogP contribution in [0, 0.1) is 13.8 Å². The van der Waals surface area contributed by atoms with Gasteiger partial charge in [-0.05, 0) is 44.5 Å². The molecule has 0 saturated carbocycles. The molecule has 24 heavy (non-hydrogen) atoms. The van der Waals surface area contributed by atoms with Crippen molar-refractivity contribution in [2.75, 3.05) is 5.32 Å². The predicted octanol–water partition coefficient (Wildman–Crippen LogP) is 3.08. The van der Waals surface area contributed by atoms with E-state index < -0.39 is 0 Å². The lowest BCUT2D eigenvalue weighted by molar-refractivity contribution is -0.116. The van der Waals surface area contributed by atoms with Gasteiger partial charge in [0.1, 0.15) is 6.54 Å². The van der Waals surface area contributed by atoms with E-state index in [0.717, 1.165) is 27.8 Å². The number of fused-ring (bicyclic) bond motifs is 1. The van der Waals surface area contributed by atoms with Crippen molar-refractivity contribution in [3.63, 3.8) is 0 Å². The van der Waals surface area contributed by atoms with Crippen LogP contribution in [-0.2, 0) is 17.9 Å². The zero-order valence-corrected chi connectivity index (χ0v) is 14.2. The van der Waals surface area contributed by atoms with E-state index in [2.05, 4.69) is 5.32 Å². The lowest BCUT2D eigenvalue weighted by atomic mass is 10.1. The van der Waals surface area contributed by atoms with Crippen molar-refractivity contribution in [1.82, 2.24) is 9.13 Å². The summed E-state index contributed by atoms with van der Waals surface area (Å²) in [5.74, 6) is -0.206. The normalized spacial score (nSPS) is 11.0. The Morgan fingerprint density at radius 3 is 2.33 bits per heavy atom. The number of nitrogens with one attached hydrogen (secondary N) is 1. The molecule has 0 atom stereocenters. The lowest BCUT2D eigenvalue weighted by Crippen LogP contribution is -2.29. The molecule has 0 aliphatic heterocycles. The van der Waals surface area contributed by atoms with Crippen LogP contribution in [-0.4, -0.2) is 15.0 Å². The second-order valence-electron chi connectivity index (χ2n) is 5.97. The molecule has 0 unspecified atom stereocenters. The van der Waals surface area contributed by atoms with Gasteiger partial charge >= 0.3 is 5.69 Å². The molecule has 2 aromatic carbocycles. The number of nitrogens with zero attached hydrogens (tertiary/aromatic N) is 2. The van der Waals surface area contributed by atoms with Crippen LogP contribution in [0.5, 0.6) is 0 Å². The fourth-order valence-electron chi connectivity index (χ4n) is 3.02. The van der Waals surface area contributed by atoms with Crippen molar-refractivity contribution < 1.29 is 4.79 Å². The summed E-state index contributed by atoms with van der Waals surface area (Å²) in [6.45, 7) is 6.47. The third kappa shape index (κ3) is 2.85. The van der Waals surface area contributed by atoms with Gasteiger partial charge < -0.3 is 5.32 Å². The third-order valence-corrected chi connectivity index (χ3v) is 4.20. The molecule has 0 radical (unpaired) electrons. The number of imidazole rings is 1. The molecule has 1 N–H and O–H groups in total. The largest absolute Gasteiger partial charge is 0.329 e. The first-order valence-corrected chi connectivity index (χ1v) is 8.06. The van der Waals surface area contributed by atoms with Gasteiger partial charge in [0, 0.05) is 12.2 Å². The molecule has 1 heterocycles. The van der Waals surface area contributed by atoms with E-state index in [0.29, 0.717) is 6.54 Å². The number of aryl methyl sites for hydroxylation is 3. The average molecular weight is 323 g/mol. The molecule has 5 nitrogen and oxygen atoms in total. The minimum Gasteiger partial charge on any atom is -0.324 e. The first-order chi connectivity index (χ1) is 11.5. The monoisotopic (exact) mass is 323 g/mol. The number of para-hydroxylation sites is 2. The SMILES string of the molecule is CCn1c(=O)n(CC(=O)Nc2ccc(C)cc2C)c2ccccc21. The van der Waals surface area contributed by atoms with Gasteiger partial charge in [0.2, 0.25) is 5.91 Å². The highest BCUT2D eigenvalue weighted by Gasteiger charge is 2.14. The van der Waals surface area contributed by atoms with E-state index in [9.17, 15) is 9.59 Å². The van der Waals surface area contributed by atoms with Crippen molar-refractivity contribution in [3.8, 4) is 0 Å². The van der Waals surface area contributed by atoms with Crippen LogP contribution in [0.1, 0.15) is 18.1 Å². The number of anilines is 1. The number of carbonyl (C=O) groups is 1. The van der Waals surface area contributed by atoms with Gasteiger partial charge in [-0.25, -0.2) is 4.79 Å². The van der Waals surface area contributed by atoms with Crippen LogP contribution in [0.4, 0.5) is 5.69 Å². The van der Waals surface area contributed by atoms with Crippen molar-refractivity contribution in [2.24, 2.45) is 0 Å². The van der Waals surface area contributed by atoms with E-state index in [1.54, 1.807) is 4.57 Å². The number of carbonyl (C=O) groups excluding carboxylic acids is 1. The standard InChI is InChI=1S/C19H21N3O2/c1-4-21-16-7-5-6-8-17(16)22(19(21)24)12-18(23)20-15-10-9-13(2)11-14(15)3/h5-11H,4,12H2,1-3H3,(H,20,23). The molecule has 0 spiro atoms. The Labute approximate surface area is 140 Å². The fourth-order valence-corrected chi connectivity index (χ4v) is 3.02. The molecule has 1 aromatic heterocycles. The van der Waals surface area contributed by atoms with Gasteiger partial charge in [0.25, 0.3) is 0 Å². The van der Waals surface area contributed by atoms with Crippen LogP contribution in [0.3, 0.4) is 0 Å². The molecule has 3 rings (SSSR count). The number of hydrogen-bond donors (Lipinski definition) is 1. The molecule has 3 aromatic rings. The molecule has 5 heteroatoms. The van der Waals surface area contributed by atoms with Crippen LogP contribution >= 0.6 is 0 Å². The molecule has 0 saturated heterocycles. The number of rotatable bonds is 4. The Balaban J connectivity index is 1.91. The number of benzene rings is 2. The molecule has 0 aliphatic carbocycles. The Kier molecular flexibility index (Phi) is 4.25. The van der Waals surface area contributed by atoms with E-state index in [-0.39, 0.29) is 18.1 Å². The molecule has 1 amide bonds. The van der Waals surface area contributed by atoms with Gasteiger partial charge in [-0.1, -0.05) is 29.8 Å². The van der Waals surface area contributed by atoms with Crippen LogP contribution in [0.2, 0.25) is 0 Å². The zero-order valence-electron chi connectivity index (χ0n) is 14.2. The summed E-state index contributed by atoms with van der Waals surface area (Å²) < 4.78 is 3.21. The van der Waals surface area contributed by atoms with Gasteiger partial charge in [-0.15, -0.1) is 0 Å². The van der Waals surface area contributed by atoms with E-state index in [4.69, 9.17) is 0 Å². The maximum atomic E-state index is 12.6. The third-order valence-electron chi connectivity index (χ3n) is 4.20. The summed E-state index contributed by atoms with van der Waals surface area (Å²) >= 11 is 0. The zero-order chi connectivity index (χ0) is 17.3. The molecule has 0 aliphatic rings. The van der Waals surface area contributed by atoms with Gasteiger partial charge in [0.15, 0.2) is 0 Å². The number of aromatic nitrogens is 2. The summed E-state index contributed by atoms with van der Waals surface area (Å²) in [7, 11) is 0. The highest BCUT2D eigenvalue weighted by Crippen LogP contribution is 2.17. The molecule has 0 bridgehead atoms. The van der Waals surface area contributed by atoms with Gasteiger partial charge in [-0.3, -0.25) is 13.9 Å². The minimum atomic E-state index is -0.206. The molecular weight excluding hydrogens is 302 g/mol. The number of amides is 1. The highest BCUT2D eigenvalue weighted by molar-refractivity contribution is 5.92. The lowest BCUT2D eigenvalue weighted by Gasteiger charge is -2.09. The maximum Gasteiger partial charge on any atom is 0.329 e. The molecule has 124 valence electrons.